The second-order valence-corrected chi connectivity index (χ2v) is 2.82. The monoisotopic (exact) mass is 311 g/mol. The van der Waals surface area contributed by atoms with E-state index in [2.05, 4.69) is 5.32 Å². The van der Waals surface area contributed by atoms with Crippen LogP contribution >= 0.6 is 24.0 Å². The Balaban J connectivity index is 0.00000169. The number of hydrogen-bond donors (Lipinski definition) is 4. The number of phenolic OH excluding ortho intramolecular Hbond substituents is 2. The number of benzene rings is 1. The summed E-state index contributed by atoms with van der Waals surface area (Å²) in [6.45, 7) is 0.407. The molecule has 5 heteroatoms. The third kappa shape index (κ3) is 3.32. The van der Waals surface area contributed by atoms with Crippen molar-refractivity contribution in [2.45, 2.75) is 6.10 Å². The normalized spacial score (nSPS) is 11.9. The van der Waals surface area contributed by atoms with Crippen LogP contribution in [0.1, 0.15) is 11.7 Å². The molecule has 1 aromatic rings. The predicted molar refractivity (Wildman–Crippen MR) is 64.1 cm³/mol. The SMILES string of the molecule is CNC[C@H](O)c1ccc(O)c(O)c1.I. The fourth-order valence-corrected chi connectivity index (χ4v) is 1.06. The van der Waals surface area contributed by atoms with E-state index in [1.807, 2.05) is 0 Å². The van der Waals surface area contributed by atoms with E-state index in [1.54, 1.807) is 13.1 Å². The van der Waals surface area contributed by atoms with Gasteiger partial charge in [-0.15, -0.1) is 24.0 Å². The van der Waals surface area contributed by atoms with E-state index in [9.17, 15) is 5.11 Å². The fraction of sp³-hybridized carbons (Fsp3) is 0.333. The zero-order valence-electron chi connectivity index (χ0n) is 7.77. The van der Waals surface area contributed by atoms with Crippen LogP contribution in [-0.4, -0.2) is 28.9 Å². The molecule has 0 amide bonds. The van der Waals surface area contributed by atoms with Crippen molar-refractivity contribution >= 4 is 24.0 Å². The number of aliphatic hydroxyl groups excluding tert-OH is 1. The van der Waals surface area contributed by atoms with E-state index in [4.69, 9.17) is 10.2 Å². The molecule has 80 valence electrons. The van der Waals surface area contributed by atoms with Crippen LogP contribution in [0.3, 0.4) is 0 Å². The van der Waals surface area contributed by atoms with Crippen LogP contribution in [0.25, 0.3) is 0 Å². The highest BCUT2D eigenvalue weighted by Crippen LogP contribution is 2.27. The van der Waals surface area contributed by atoms with Gasteiger partial charge >= 0.3 is 0 Å². The van der Waals surface area contributed by atoms with Gasteiger partial charge in [-0.3, -0.25) is 0 Å². The molecule has 0 aromatic heterocycles. The highest BCUT2D eigenvalue weighted by Gasteiger charge is 2.08. The van der Waals surface area contributed by atoms with E-state index in [-0.39, 0.29) is 35.5 Å². The molecular weight excluding hydrogens is 297 g/mol. The minimum atomic E-state index is -0.670. The van der Waals surface area contributed by atoms with Crippen molar-refractivity contribution in [3.63, 3.8) is 0 Å². The summed E-state index contributed by atoms with van der Waals surface area (Å²) < 4.78 is 0. The molecule has 0 aliphatic heterocycles. The first-order valence-corrected chi connectivity index (χ1v) is 3.99. The summed E-state index contributed by atoms with van der Waals surface area (Å²) >= 11 is 0. The third-order valence-electron chi connectivity index (χ3n) is 1.78. The number of nitrogens with one attached hydrogen (secondary N) is 1. The number of phenols is 2. The average Bonchev–Trinajstić information content (AvgIpc) is 2.10. The zero-order chi connectivity index (χ0) is 9.84. The molecule has 4 nitrogen and oxygen atoms in total. The zero-order valence-corrected chi connectivity index (χ0v) is 10.1. The molecular formula is C9H14INO3. The van der Waals surface area contributed by atoms with E-state index in [1.165, 1.54) is 12.1 Å². The standard InChI is InChI=1S/C9H13NO3.HI/c1-10-5-9(13)6-2-3-7(11)8(12)4-6;/h2-4,9-13H,5H2,1H3;1H/t9-;/m0./s1. The van der Waals surface area contributed by atoms with E-state index in [0.29, 0.717) is 12.1 Å². The first-order chi connectivity index (χ1) is 6.15. The summed E-state index contributed by atoms with van der Waals surface area (Å²) in [5.74, 6) is -0.395. The van der Waals surface area contributed by atoms with Gasteiger partial charge in [0.05, 0.1) is 6.10 Å². The van der Waals surface area contributed by atoms with Gasteiger partial charge in [0, 0.05) is 6.54 Å². The number of aromatic hydroxyl groups is 2. The van der Waals surface area contributed by atoms with Crippen LogP contribution in [0, 0.1) is 0 Å². The molecule has 0 unspecified atom stereocenters. The molecule has 0 spiro atoms. The molecule has 14 heavy (non-hydrogen) atoms. The molecule has 0 radical (unpaired) electrons. The Morgan fingerprint density at radius 3 is 2.43 bits per heavy atom. The van der Waals surface area contributed by atoms with Gasteiger partial charge in [0.1, 0.15) is 0 Å². The van der Waals surface area contributed by atoms with Crippen molar-refractivity contribution in [2.75, 3.05) is 13.6 Å². The Kier molecular flexibility index (Phi) is 5.82. The van der Waals surface area contributed by atoms with Gasteiger partial charge in [-0.05, 0) is 24.7 Å². The van der Waals surface area contributed by atoms with Crippen molar-refractivity contribution in [3.05, 3.63) is 23.8 Å². The molecule has 0 aliphatic carbocycles. The first-order valence-electron chi connectivity index (χ1n) is 3.99. The van der Waals surface area contributed by atoms with E-state index < -0.39 is 6.10 Å². The number of aliphatic hydroxyl groups is 1. The van der Waals surface area contributed by atoms with Crippen LogP contribution < -0.4 is 5.32 Å². The molecule has 0 bridgehead atoms. The van der Waals surface area contributed by atoms with Crippen molar-refractivity contribution in [2.24, 2.45) is 0 Å². The Hall–Kier alpha value is -0.530. The van der Waals surface area contributed by atoms with Crippen molar-refractivity contribution in [1.82, 2.24) is 5.32 Å². The molecule has 4 N–H and O–H groups in total. The second kappa shape index (κ2) is 6.05. The maximum Gasteiger partial charge on any atom is 0.157 e. The lowest BCUT2D eigenvalue weighted by Crippen LogP contribution is -2.16. The number of hydrogen-bond acceptors (Lipinski definition) is 4. The summed E-state index contributed by atoms with van der Waals surface area (Å²) in [7, 11) is 1.73. The summed E-state index contributed by atoms with van der Waals surface area (Å²) in [5.41, 5.74) is 0.574. The molecule has 0 heterocycles. The average molecular weight is 311 g/mol. The van der Waals surface area contributed by atoms with Crippen molar-refractivity contribution < 1.29 is 15.3 Å². The highest BCUT2D eigenvalue weighted by atomic mass is 127. The van der Waals surface area contributed by atoms with Gasteiger partial charge in [-0.2, -0.15) is 0 Å². The Labute approximate surface area is 99.6 Å². The van der Waals surface area contributed by atoms with Crippen LogP contribution in [0.5, 0.6) is 11.5 Å². The molecule has 0 fully saturated rings. The number of rotatable bonds is 3. The van der Waals surface area contributed by atoms with Gasteiger partial charge < -0.3 is 20.6 Å². The van der Waals surface area contributed by atoms with Crippen LogP contribution in [-0.2, 0) is 0 Å². The predicted octanol–water partition coefficient (Wildman–Crippen LogP) is 0.969. The largest absolute Gasteiger partial charge is 0.504 e. The Morgan fingerprint density at radius 2 is 1.93 bits per heavy atom. The maximum absolute atomic E-state index is 9.48. The second-order valence-electron chi connectivity index (χ2n) is 2.82. The number of halogens is 1. The first kappa shape index (κ1) is 13.5. The summed E-state index contributed by atoms with van der Waals surface area (Å²) in [6.07, 6.45) is -0.670. The van der Waals surface area contributed by atoms with Gasteiger partial charge in [0.15, 0.2) is 11.5 Å². The van der Waals surface area contributed by atoms with Gasteiger partial charge in [0.25, 0.3) is 0 Å². The molecule has 1 aromatic carbocycles. The maximum atomic E-state index is 9.48. The fourth-order valence-electron chi connectivity index (χ4n) is 1.06. The summed E-state index contributed by atoms with van der Waals surface area (Å²) in [5, 5.41) is 30.4. The van der Waals surface area contributed by atoms with Gasteiger partial charge in [-0.1, -0.05) is 6.07 Å². The quantitative estimate of drug-likeness (QED) is 0.496. The molecule has 0 saturated carbocycles. The van der Waals surface area contributed by atoms with Gasteiger partial charge in [-0.25, -0.2) is 0 Å². The lowest BCUT2D eigenvalue weighted by molar-refractivity contribution is 0.177. The lowest BCUT2D eigenvalue weighted by atomic mass is 10.1. The lowest BCUT2D eigenvalue weighted by Gasteiger charge is -2.10. The molecule has 1 atom stereocenters. The van der Waals surface area contributed by atoms with Gasteiger partial charge in [0.2, 0.25) is 0 Å². The third-order valence-corrected chi connectivity index (χ3v) is 1.78. The smallest absolute Gasteiger partial charge is 0.157 e. The van der Waals surface area contributed by atoms with Crippen LogP contribution in [0.15, 0.2) is 18.2 Å². The number of likely N-dealkylation sites (N-methyl/N-ethyl adjacent to an activating group) is 1. The minimum Gasteiger partial charge on any atom is -0.504 e. The van der Waals surface area contributed by atoms with Crippen molar-refractivity contribution in [1.29, 1.82) is 0 Å². The molecule has 0 aliphatic rings. The topological polar surface area (TPSA) is 72.7 Å². The Morgan fingerprint density at radius 1 is 1.29 bits per heavy atom. The Bertz CT molecular complexity index is 293. The van der Waals surface area contributed by atoms with Crippen molar-refractivity contribution in [3.8, 4) is 11.5 Å². The molecule has 0 saturated heterocycles. The van der Waals surface area contributed by atoms with E-state index in [0.717, 1.165) is 0 Å². The van der Waals surface area contributed by atoms with Crippen LogP contribution in [0.2, 0.25) is 0 Å². The van der Waals surface area contributed by atoms with E-state index >= 15 is 0 Å². The van der Waals surface area contributed by atoms with Crippen LogP contribution in [0.4, 0.5) is 0 Å². The molecule has 1 rings (SSSR count). The summed E-state index contributed by atoms with van der Waals surface area (Å²) in [6, 6.07) is 4.26. The highest BCUT2D eigenvalue weighted by molar-refractivity contribution is 14.0. The minimum absolute atomic E-state index is 0. The summed E-state index contributed by atoms with van der Waals surface area (Å²) in [4.78, 5) is 0.